The van der Waals surface area contributed by atoms with Crippen molar-refractivity contribution in [2.24, 2.45) is 0 Å². The van der Waals surface area contributed by atoms with Crippen LogP contribution in [0.3, 0.4) is 0 Å². The van der Waals surface area contributed by atoms with Crippen LogP contribution in [-0.4, -0.2) is 0 Å². The van der Waals surface area contributed by atoms with Gasteiger partial charge in [-0.05, 0) is 149 Å². The number of nitrogens with zero attached hydrogens (tertiary/aromatic N) is 2. The van der Waals surface area contributed by atoms with Crippen molar-refractivity contribution >= 4 is 77.2 Å². The molecule has 2 nitrogen and oxygen atoms in total. The average molecular weight is 993 g/mol. The summed E-state index contributed by atoms with van der Waals surface area (Å²) < 4.78 is 0. The van der Waals surface area contributed by atoms with E-state index in [0.29, 0.717) is 0 Å². The number of anilines is 6. The second-order valence-electron chi connectivity index (χ2n) is 20.1. The van der Waals surface area contributed by atoms with Gasteiger partial charge in [-0.3, -0.25) is 0 Å². The van der Waals surface area contributed by atoms with E-state index in [4.69, 9.17) is 0 Å². The number of rotatable bonds is 11. The van der Waals surface area contributed by atoms with Crippen LogP contribution in [0.4, 0.5) is 34.1 Å². The molecule has 366 valence electrons. The van der Waals surface area contributed by atoms with E-state index in [2.05, 4.69) is 325 Å². The highest BCUT2D eigenvalue weighted by Crippen LogP contribution is 2.46. The monoisotopic (exact) mass is 992 g/mol. The quantitative estimate of drug-likeness (QED) is 0.127. The molecule has 0 aromatic heterocycles. The lowest BCUT2D eigenvalue weighted by Gasteiger charge is -2.29. The van der Waals surface area contributed by atoms with Crippen LogP contribution in [0.2, 0.25) is 0 Å². The molecule has 0 spiro atoms. The number of fused-ring (bicyclic) bond motifs is 4. The van der Waals surface area contributed by atoms with E-state index in [1.165, 1.54) is 82.0 Å². The van der Waals surface area contributed by atoms with Crippen LogP contribution in [0.5, 0.6) is 0 Å². The molecule has 14 rings (SSSR count). The van der Waals surface area contributed by atoms with Gasteiger partial charge in [0.05, 0.1) is 17.1 Å². The lowest BCUT2D eigenvalue weighted by Crippen LogP contribution is -2.11. The Hall–Kier alpha value is -10.3. The van der Waals surface area contributed by atoms with Crippen LogP contribution in [0.1, 0.15) is 0 Å². The Kier molecular flexibility index (Phi) is 11.9. The fourth-order valence-corrected chi connectivity index (χ4v) is 11.5. The standard InChI is InChI=1S/C76H52N2/c1-2-16-53(17-3-1)62-25-12-26-63(50-62)56-42-46-67(47-43-56)77(74-32-14-23-59-19-5-9-28-71(59)74)66-44-38-54(39-45-66)55-40-48-68(49-41-55)78(75-33-15-24-60-20-6-10-29-72(60)75)76-52-65(51-64-21-7-11-30-73(64)76)57-34-36-61(37-35-57)70-31-13-22-58-18-4-8-27-69(58)70/h1-52H. The van der Waals surface area contributed by atoms with Crippen molar-refractivity contribution < 1.29 is 0 Å². The first kappa shape index (κ1) is 46.3. The molecule has 78 heavy (non-hydrogen) atoms. The van der Waals surface area contributed by atoms with E-state index >= 15 is 0 Å². The van der Waals surface area contributed by atoms with Crippen LogP contribution in [0.15, 0.2) is 315 Å². The van der Waals surface area contributed by atoms with Crippen molar-refractivity contribution in [3.05, 3.63) is 315 Å². The van der Waals surface area contributed by atoms with E-state index in [-0.39, 0.29) is 0 Å². The van der Waals surface area contributed by atoms with Crippen LogP contribution in [0, 0.1) is 0 Å². The van der Waals surface area contributed by atoms with Crippen molar-refractivity contribution in [2.45, 2.75) is 0 Å². The molecular weight excluding hydrogens is 941 g/mol. The highest BCUT2D eigenvalue weighted by atomic mass is 15.1. The Morgan fingerprint density at radius 2 is 0.513 bits per heavy atom. The van der Waals surface area contributed by atoms with Gasteiger partial charge in [-0.2, -0.15) is 0 Å². The van der Waals surface area contributed by atoms with Gasteiger partial charge >= 0.3 is 0 Å². The molecule has 14 aromatic rings. The highest BCUT2D eigenvalue weighted by Gasteiger charge is 2.21. The normalized spacial score (nSPS) is 11.3. The molecule has 0 N–H and O–H groups in total. The maximum atomic E-state index is 2.46. The van der Waals surface area contributed by atoms with Gasteiger partial charge in [-0.25, -0.2) is 0 Å². The zero-order valence-electron chi connectivity index (χ0n) is 42.9. The second-order valence-corrected chi connectivity index (χ2v) is 20.1. The smallest absolute Gasteiger partial charge is 0.0546 e. The van der Waals surface area contributed by atoms with Crippen molar-refractivity contribution in [3.63, 3.8) is 0 Å². The van der Waals surface area contributed by atoms with Crippen molar-refractivity contribution in [1.82, 2.24) is 0 Å². The molecule has 0 atom stereocenters. The predicted octanol–water partition coefficient (Wildman–Crippen LogP) is 21.6. The topological polar surface area (TPSA) is 6.48 Å². The number of hydrogen-bond acceptors (Lipinski definition) is 2. The molecular formula is C76H52N2. The molecule has 0 saturated heterocycles. The largest absolute Gasteiger partial charge is 0.310 e. The van der Waals surface area contributed by atoms with Gasteiger partial charge in [0.25, 0.3) is 0 Å². The van der Waals surface area contributed by atoms with Gasteiger partial charge in [0, 0.05) is 33.2 Å². The molecule has 0 aliphatic rings. The molecule has 0 radical (unpaired) electrons. The van der Waals surface area contributed by atoms with E-state index < -0.39 is 0 Å². The minimum Gasteiger partial charge on any atom is -0.310 e. The molecule has 0 amide bonds. The fraction of sp³-hybridized carbons (Fsp3) is 0. The number of benzene rings is 14. The number of hydrogen-bond donors (Lipinski definition) is 0. The summed E-state index contributed by atoms with van der Waals surface area (Å²) in [5.74, 6) is 0. The van der Waals surface area contributed by atoms with E-state index in [1.54, 1.807) is 0 Å². The zero-order chi connectivity index (χ0) is 51.8. The zero-order valence-corrected chi connectivity index (χ0v) is 42.9. The lowest BCUT2D eigenvalue weighted by atomic mass is 9.94. The van der Waals surface area contributed by atoms with E-state index in [0.717, 1.165) is 50.8 Å². The Morgan fingerprint density at radius 1 is 0.167 bits per heavy atom. The molecule has 0 unspecified atom stereocenters. The summed E-state index contributed by atoms with van der Waals surface area (Å²) in [6.45, 7) is 0. The fourth-order valence-electron chi connectivity index (χ4n) is 11.5. The first-order valence-corrected chi connectivity index (χ1v) is 26.8. The van der Waals surface area contributed by atoms with Crippen molar-refractivity contribution in [2.75, 3.05) is 9.80 Å². The maximum absolute atomic E-state index is 2.46. The van der Waals surface area contributed by atoms with Crippen molar-refractivity contribution in [3.8, 4) is 55.6 Å². The van der Waals surface area contributed by atoms with Gasteiger partial charge < -0.3 is 9.80 Å². The SMILES string of the molecule is c1ccc(-c2cccc(-c3ccc(N(c4ccc(-c5ccc(N(c6cccc7ccccc67)c6cc(-c7ccc(-c8cccc9ccccc89)cc7)cc7ccccc67)cc5)cc4)c4cccc5ccccc45)cc3)c2)cc1. The van der Waals surface area contributed by atoms with Crippen LogP contribution >= 0.6 is 0 Å². The highest BCUT2D eigenvalue weighted by molar-refractivity contribution is 6.07. The third-order valence-electron chi connectivity index (χ3n) is 15.4. The molecule has 0 aliphatic heterocycles. The summed E-state index contributed by atoms with van der Waals surface area (Å²) in [6, 6.07) is 115. The van der Waals surface area contributed by atoms with Crippen LogP contribution in [0.25, 0.3) is 98.7 Å². The Morgan fingerprint density at radius 3 is 1.08 bits per heavy atom. The average Bonchev–Trinajstić information content (AvgIpc) is 3.55. The first-order valence-electron chi connectivity index (χ1n) is 26.8. The minimum absolute atomic E-state index is 1.08. The van der Waals surface area contributed by atoms with Gasteiger partial charge in [0.1, 0.15) is 0 Å². The van der Waals surface area contributed by atoms with Crippen molar-refractivity contribution in [1.29, 1.82) is 0 Å². The summed E-state index contributed by atoms with van der Waals surface area (Å²) in [6.07, 6.45) is 0. The Labute approximate surface area is 455 Å². The summed E-state index contributed by atoms with van der Waals surface area (Å²) in [5.41, 5.74) is 18.5. The van der Waals surface area contributed by atoms with Crippen LogP contribution in [-0.2, 0) is 0 Å². The van der Waals surface area contributed by atoms with Gasteiger partial charge in [0.15, 0.2) is 0 Å². The minimum atomic E-state index is 1.08. The molecule has 0 heterocycles. The van der Waals surface area contributed by atoms with Gasteiger partial charge in [0.2, 0.25) is 0 Å². The molecule has 0 aliphatic carbocycles. The summed E-state index contributed by atoms with van der Waals surface area (Å²) in [4.78, 5) is 4.85. The second kappa shape index (κ2) is 20.1. The molecule has 0 fully saturated rings. The summed E-state index contributed by atoms with van der Waals surface area (Å²) >= 11 is 0. The summed E-state index contributed by atoms with van der Waals surface area (Å²) in [5, 5.41) is 9.67. The molecule has 0 bridgehead atoms. The third kappa shape index (κ3) is 8.72. The Bertz CT molecular complexity index is 4450. The van der Waals surface area contributed by atoms with Crippen LogP contribution < -0.4 is 9.80 Å². The lowest BCUT2D eigenvalue weighted by molar-refractivity contribution is 1.30. The molecule has 2 heteroatoms. The first-order chi connectivity index (χ1) is 38.7. The third-order valence-corrected chi connectivity index (χ3v) is 15.4. The molecule has 14 aromatic carbocycles. The predicted molar refractivity (Wildman–Crippen MR) is 333 cm³/mol. The maximum Gasteiger partial charge on any atom is 0.0546 e. The van der Waals surface area contributed by atoms with Gasteiger partial charge in [-0.1, -0.05) is 249 Å². The summed E-state index contributed by atoms with van der Waals surface area (Å²) in [7, 11) is 0. The van der Waals surface area contributed by atoms with Gasteiger partial charge in [-0.15, -0.1) is 0 Å². The Balaban J connectivity index is 0.827. The van der Waals surface area contributed by atoms with E-state index in [1.807, 2.05) is 0 Å². The molecule has 0 saturated carbocycles. The van der Waals surface area contributed by atoms with E-state index in [9.17, 15) is 0 Å².